The summed E-state index contributed by atoms with van der Waals surface area (Å²) in [4.78, 5) is 15.0. The molecule has 0 saturated carbocycles. The normalized spacial score (nSPS) is 10.2. The van der Waals surface area contributed by atoms with Gasteiger partial charge in [-0.2, -0.15) is 0 Å². The van der Waals surface area contributed by atoms with Gasteiger partial charge in [0.05, 0.1) is 5.56 Å². The lowest BCUT2D eigenvalue weighted by Crippen LogP contribution is -2.01. The number of carbonyl (C=O) groups is 1. The third-order valence-corrected chi connectivity index (χ3v) is 2.72. The first-order chi connectivity index (χ1) is 8.09. The van der Waals surface area contributed by atoms with Gasteiger partial charge in [0.1, 0.15) is 0 Å². The van der Waals surface area contributed by atoms with Crippen LogP contribution in [-0.2, 0) is 0 Å². The maximum absolute atomic E-state index is 11.1. The lowest BCUT2D eigenvalue weighted by molar-refractivity contribution is 0.0697. The number of hydrogen-bond acceptors (Lipinski definition) is 2. The fourth-order valence-electron chi connectivity index (χ4n) is 1.92. The molecule has 1 aromatic heterocycles. The van der Waals surface area contributed by atoms with Gasteiger partial charge in [-0.1, -0.05) is 23.8 Å². The van der Waals surface area contributed by atoms with Crippen molar-refractivity contribution in [3.8, 4) is 11.1 Å². The van der Waals surface area contributed by atoms with Gasteiger partial charge in [0.25, 0.3) is 0 Å². The van der Waals surface area contributed by atoms with E-state index in [0.29, 0.717) is 5.56 Å². The van der Waals surface area contributed by atoms with E-state index >= 15 is 0 Å². The van der Waals surface area contributed by atoms with Gasteiger partial charge in [0.2, 0.25) is 0 Å². The van der Waals surface area contributed by atoms with Crippen molar-refractivity contribution >= 4 is 5.97 Å². The van der Waals surface area contributed by atoms with Gasteiger partial charge < -0.3 is 5.11 Å². The average Bonchev–Trinajstić information content (AvgIpc) is 2.29. The van der Waals surface area contributed by atoms with Crippen molar-refractivity contribution in [1.29, 1.82) is 0 Å². The van der Waals surface area contributed by atoms with Crippen molar-refractivity contribution in [2.45, 2.75) is 13.8 Å². The number of aryl methyl sites for hydroxylation is 2. The SMILES string of the molecule is Cc1ccc(-c2ccncc2C(=O)O)c(C)c1. The molecule has 0 aliphatic carbocycles. The van der Waals surface area contributed by atoms with E-state index in [1.54, 1.807) is 12.3 Å². The van der Waals surface area contributed by atoms with Crippen molar-refractivity contribution in [1.82, 2.24) is 4.98 Å². The van der Waals surface area contributed by atoms with Crippen LogP contribution in [-0.4, -0.2) is 16.1 Å². The third-order valence-electron chi connectivity index (χ3n) is 2.72. The molecule has 1 aromatic carbocycles. The molecule has 3 nitrogen and oxygen atoms in total. The van der Waals surface area contributed by atoms with Crippen LogP contribution in [0.25, 0.3) is 11.1 Å². The number of nitrogens with zero attached hydrogens (tertiary/aromatic N) is 1. The van der Waals surface area contributed by atoms with Crippen LogP contribution in [0.1, 0.15) is 21.5 Å². The van der Waals surface area contributed by atoms with Crippen LogP contribution < -0.4 is 0 Å². The lowest BCUT2D eigenvalue weighted by Gasteiger charge is -2.09. The minimum absolute atomic E-state index is 0.236. The molecule has 0 spiro atoms. The van der Waals surface area contributed by atoms with Crippen LogP contribution in [0, 0.1) is 13.8 Å². The van der Waals surface area contributed by atoms with E-state index in [9.17, 15) is 4.79 Å². The molecule has 0 radical (unpaired) electrons. The number of pyridine rings is 1. The number of rotatable bonds is 2. The van der Waals surface area contributed by atoms with Crippen LogP contribution in [0.15, 0.2) is 36.7 Å². The largest absolute Gasteiger partial charge is 0.478 e. The summed E-state index contributed by atoms with van der Waals surface area (Å²) in [5, 5.41) is 9.13. The molecule has 0 bridgehead atoms. The molecular weight excluding hydrogens is 214 g/mol. The van der Waals surface area contributed by atoms with E-state index in [1.807, 2.05) is 32.0 Å². The molecule has 1 N–H and O–H groups in total. The molecule has 0 amide bonds. The molecule has 2 rings (SSSR count). The van der Waals surface area contributed by atoms with Gasteiger partial charge >= 0.3 is 5.97 Å². The molecule has 1 heterocycles. The number of aromatic carboxylic acids is 1. The van der Waals surface area contributed by atoms with Gasteiger partial charge in [0.15, 0.2) is 0 Å². The second-order valence-electron chi connectivity index (χ2n) is 4.04. The highest BCUT2D eigenvalue weighted by molar-refractivity contribution is 5.96. The maximum atomic E-state index is 11.1. The predicted octanol–water partition coefficient (Wildman–Crippen LogP) is 3.06. The molecule has 86 valence electrons. The Morgan fingerprint density at radius 1 is 1.18 bits per heavy atom. The monoisotopic (exact) mass is 227 g/mol. The van der Waals surface area contributed by atoms with Crippen molar-refractivity contribution in [3.63, 3.8) is 0 Å². The Hall–Kier alpha value is -2.16. The van der Waals surface area contributed by atoms with E-state index in [0.717, 1.165) is 16.7 Å². The number of aromatic nitrogens is 1. The second kappa shape index (κ2) is 4.37. The highest BCUT2D eigenvalue weighted by atomic mass is 16.4. The van der Waals surface area contributed by atoms with Crippen molar-refractivity contribution in [2.75, 3.05) is 0 Å². The average molecular weight is 227 g/mol. The molecular formula is C14H13NO2. The first-order valence-electron chi connectivity index (χ1n) is 5.34. The Morgan fingerprint density at radius 3 is 2.59 bits per heavy atom. The highest BCUT2D eigenvalue weighted by Gasteiger charge is 2.12. The summed E-state index contributed by atoms with van der Waals surface area (Å²) in [5.41, 5.74) is 4.12. The van der Waals surface area contributed by atoms with E-state index in [-0.39, 0.29) is 5.56 Å². The van der Waals surface area contributed by atoms with E-state index < -0.39 is 5.97 Å². The molecule has 2 aromatic rings. The zero-order valence-electron chi connectivity index (χ0n) is 9.77. The summed E-state index contributed by atoms with van der Waals surface area (Å²) in [7, 11) is 0. The summed E-state index contributed by atoms with van der Waals surface area (Å²) in [6, 6.07) is 7.71. The smallest absolute Gasteiger partial charge is 0.337 e. The lowest BCUT2D eigenvalue weighted by atomic mass is 9.96. The minimum atomic E-state index is -0.951. The van der Waals surface area contributed by atoms with Crippen molar-refractivity contribution in [2.24, 2.45) is 0 Å². The van der Waals surface area contributed by atoms with Gasteiger partial charge in [-0.3, -0.25) is 4.98 Å². The Balaban J connectivity index is 2.64. The van der Waals surface area contributed by atoms with Gasteiger partial charge in [-0.05, 0) is 36.6 Å². The first kappa shape index (κ1) is 11.3. The van der Waals surface area contributed by atoms with Crippen LogP contribution in [0.5, 0.6) is 0 Å². The Labute approximate surface area is 99.8 Å². The topological polar surface area (TPSA) is 50.2 Å². The third kappa shape index (κ3) is 2.18. The first-order valence-corrected chi connectivity index (χ1v) is 5.34. The molecule has 0 saturated heterocycles. The van der Waals surface area contributed by atoms with Gasteiger partial charge in [-0.15, -0.1) is 0 Å². The molecule has 0 fully saturated rings. The molecule has 0 aliphatic rings. The Bertz CT molecular complexity index is 576. The van der Waals surface area contributed by atoms with Gasteiger partial charge in [0, 0.05) is 12.4 Å². The summed E-state index contributed by atoms with van der Waals surface area (Å²) in [6.07, 6.45) is 3.00. The van der Waals surface area contributed by atoms with Crippen LogP contribution in [0.2, 0.25) is 0 Å². The van der Waals surface area contributed by atoms with Crippen molar-refractivity contribution in [3.05, 3.63) is 53.3 Å². The predicted molar refractivity (Wildman–Crippen MR) is 66.1 cm³/mol. The van der Waals surface area contributed by atoms with Crippen LogP contribution in [0.3, 0.4) is 0 Å². The summed E-state index contributed by atoms with van der Waals surface area (Å²) in [6.45, 7) is 4.00. The number of carboxylic acid groups (broad SMARTS) is 1. The van der Waals surface area contributed by atoms with E-state index in [1.165, 1.54) is 6.20 Å². The number of hydrogen-bond donors (Lipinski definition) is 1. The van der Waals surface area contributed by atoms with E-state index in [2.05, 4.69) is 4.98 Å². The standard InChI is InChI=1S/C14H13NO2/c1-9-3-4-11(10(2)7-9)12-5-6-15-8-13(12)14(16)17/h3-8H,1-2H3,(H,16,17). The summed E-state index contributed by atoms with van der Waals surface area (Å²) >= 11 is 0. The quantitative estimate of drug-likeness (QED) is 0.857. The van der Waals surface area contributed by atoms with Crippen molar-refractivity contribution < 1.29 is 9.90 Å². The van der Waals surface area contributed by atoms with Gasteiger partial charge in [-0.25, -0.2) is 4.79 Å². The molecule has 0 aliphatic heterocycles. The molecule has 0 atom stereocenters. The molecule has 3 heteroatoms. The summed E-state index contributed by atoms with van der Waals surface area (Å²) < 4.78 is 0. The fourth-order valence-corrected chi connectivity index (χ4v) is 1.92. The molecule has 17 heavy (non-hydrogen) atoms. The highest BCUT2D eigenvalue weighted by Crippen LogP contribution is 2.26. The zero-order chi connectivity index (χ0) is 12.4. The maximum Gasteiger partial charge on any atom is 0.337 e. The Morgan fingerprint density at radius 2 is 1.94 bits per heavy atom. The van der Waals surface area contributed by atoms with E-state index in [4.69, 9.17) is 5.11 Å². The van der Waals surface area contributed by atoms with Crippen LogP contribution in [0.4, 0.5) is 0 Å². The van der Waals surface area contributed by atoms with Crippen LogP contribution >= 0.6 is 0 Å². The molecule has 0 unspecified atom stereocenters. The zero-order valence-corrected chi connectivity index (χ0v) is 9.77. The fraction of sp³-hybridized carbons (Fsp3) is 0.143. The number of benzene rings is 1. The minimum Gasteiger partial charge on any atom is -0.478 e. The summed E-state index contributed by atoms with van der Waals surface area (Å²) in [5.74, 6) is -0.951. The Kier molecular flexibility index (Phi) is 2.91. The second-order valence-corrected chi connectivity index (χ2v) is 4.04. The number of carboxylic acids is 1.